The van der Waals surface area contributed by atoms with Crippen LogP contribution in [0.4, 0.5) is 18.9 Å². The number of rotatable bonds is 6. The molecule has 11 heteroatoms. The normalized spacial score (nSPS) is 15.6. The molecule has 1 heterocycles. The molecule has 0 aromatic heterocycles. The fraction of sp³-hybridized carbons (Fsp3) is 0.350. The van der Waals surface area contributed by atoms with Gasteiger partial charge in [0.05, 0.1) is 28.7 Å². The van der Waals surface area contributed by atoms with Crippen LogP contribution in [-0.2, 0) is 32.2 Å². The molecule has 1 N–H and O–H groups in total. The van der Waals surface area contributed by atoms with Gasteiger partial charge in [0, 0.05) is 25.2 Å². The van der Waals surface area contributed by atoms with Crippen LogP contribution in [0.1, 0.15) is 17.5 Å². The number of morpholine rings is 1. The number of alkyl halides is 3. The van der Waals surface area contributed by atoms with Gasteiger partial charge in [0.15, 0.2) is 0 Å². The molecule has 0 saturated carbocycles. The average molecular weight is 477 g/mol. The molecule has 31 heavy (non-hydrogen) atoms. The molecule has 0 unspecified atom stereocenters. The Bertz CT molecular complexity index is 1040. The first-order valence-corrected chi connectivity index (χ1v) is 11.2. The van der Waals surface area contributed by atoms with Crippen molar-refractivity contribution < 1.29 is 31.1 Å². The Morgan fingerprint density at radius 2 is 1.74 bits per heavy atom. The van der Waals surface area contributed by atoms with Crippen LogP contribution in [0.2, 0.25) is 5.02 Å². The van der Waals surface area contributed by atoms with E-state index in [4.69, 9.17) is 16.3 Å². The standard InChI is InChI=1S/C20H20ClF3N2O4S/c21-18-7-4-15(13-17(18)20(22,23)24)25-19(27)8-3-14-1-5-16(6-2-14)31(28,29)26-9-11-30-12-10-26/h1-2,4-7,13H,3,8-12H2,(H,25,27). The lowest BCUT2D eigenvalue weighted by Gasteiger charge is -2.26. The lowest BCUT2D eigenvalue weighted by Crippen LogP contribution is -2.40. The predicted molar refractivity (Wildman–Crippen MR) is 109 cm³/mol. The summed E-state index contributed by atoms with van der Waals surface area (Å²) >= 11 is 5.57. The smallest absolute Gasteiger partial charge is 0.379 e. The summed E-state index contributed by atoms with van der Waals surface area (Å²) in [7, 11) is -3.60. The maximum atomic E-state index is 12.9. The van der Waals surface area contributed by atoms with Crippen molar-refractivity contribution in [3.05, 3.63) is 58.6 Å². The van der Waals surface area contributed by atoms with Crippen molar-refractivity contribution in [3.8, 4) is 0 Å². The van der Waals surface area contributed by atoms with E-state index in [0.717, 1.165) is 17.7 Å². The fourth-order valence-corrected chi connectivity index (χ4v) is 4.70. The van der Waals surface area contributed by atoms with Crippen molar-refractivity contribution in [2.75, 3.05) is 31.6 Å². The molecule has 0 spiro atoms. The van der Waals surface area contributed by atoms with Gasteiger partial charge in [0.25, 0.3) is 0 Å². The molecule has 1 amide bonds. The van der Waals surface area contributed by atoms with E-state index < -0.39 is 32.7 Å². The summed E-state index contributed by atoms with van der Waals surface area (Å²) in [4.78, 5) is 12.3. The molecule has 3 rings (SSSR count). The van der Waals surface area contributed by atoms with E-state index in [0.29, 0.717) is 32.7 Å². The minimum Gasteiger partial charge on any atom is -0.379 e. The van der Waals surface area contributed by atoms with E-state index in [2.05, 4.69) is 5.32 Å². The quantitative estimate of drug-likeness (QED) is 0.685. The number of benzene rings is 2. The van der Waals surface area contributed by atoms with Crippen LogP contribution < -0.4 is 5.32 Å². The summed E-state index contributed by atoms with van der Waals surface area (Å²) in [5.74, 6) is -0.472. The van der Waals surface area contributed by atoms with Gasteiger partial charge in [0.2, 0.25) is 15.9 Å². The van der Waals surface area contributed by atoms with Crippen LogP contribution in [0.15, 0.2) is 47.4 Å². The summed E-state index contributed by atoms with van der Waals surface area (Å²) in [5, 5.41) is 1.97. The molecule has 1 aliphatic heterocycles. The van der Waals surface area contributed by atoms with Crippen molar-refractivity contribution in [3.63, 3.8) is 0 Å². The Kier molecular flexibility index (Phi) is 7.25. The summed E-state index contributed by atoms with van der Waals surface area (Å²) in [6.07, 6.45) is -4.32. The molecule has 2 aromatic rings. The maximum absolute atomic E-state index is 12.9. The second-order valence-corrected chi connectivity index (χ2v) is 9.25. The SMILES string of the molecule is O=C(CCc1ccc(S(=O)(=O)N2CCOCC2)cc1)Nc1ccc(Cl)c(C(F)(F)F)c1. The van der Waals surface area contributed by atoms with E-state index in [1.807, 2.05) is 0 Å². The number of ether oxygens (including phenoxy) is 1. The van der Waals surface area contributed by atoms with Crippen LogP contribution in [0.25, 0.3) is 0 Å². The molecule has 0 aliphatic carbocycles. The summed E-state index contributed by atoms with van der Waals surface area (Å²) in [5.41, 5.74) is -0.305. The number of sulfonamides is 1. The van der Waals surface area contributed by atoms with Crippen molar-refractivity contribution in [1.29, 1.82) is 0 Å². The molecule has 0 radical (unpaired) electrons. The molecular formula is C20H20ClF3N2O4S. The number of carbonyl (C=O) groups is 1. The van der Waals surface area contributed by atoms with Gasteiger partial charge in [-0.2, -0.15) is 17.5 Å². The minimum atomic E-state index is -4.62. The number of carbonyl (C=O) groups excluding carboxylic acids is 1. The van der Waals surface area contributed by atoms with Crippen molar-refractivity contribution in [1.82, 2.24) is 4.31 Å². The van der Waals surface area contributed by atoms with Crippen LogP contribution in [0.3, 0.4) is 0 Å². The van der Waals surface area contributed by atoms with Crippen LogP contribution in [0, 0.1) is 0 Å². The first-order chi connectivity index (χ1) is 14.6. The van der Waals surface area contributed by atoms with Crippen molar-refractivity contribution in [2.45, 2.75) is 23.9 Å². The predicted octanol–water partition coefficient (Wildman–Crippen LogP) is 3.95. The Morgan fingerprint density at radius 3 is 2.35 bits per heavy atom. The molecule has 0 bridgehead atoms. The molecular weight excluding hydrogens is 457 g/mol. The Hall–Kier alpha value is -2.14. The van der Waals surface area contributed by atoms with Gasteiger partial charge in [-0.1, -0.05) is 23.7 Å². The fourth-order valence-electron chi connectivity index (χ4n) is 3.07. The largest absolute Gasteiger partial charge is 0.417 e. The van der Waals surface area contributed by atoms with Crippen LogP contribution in [-0.4, -0.2) is 44.9 Å². The van der Waals surface area contributed by atoms with Gasteiger partial charge >= 0.3 is 6.18 Å². The third-order valence-electron chi connectivity index (χ3n) is 4.73. The highest BCUT2D eigenvalue weighted by Crippen LogP contribution is 2.36. The second kappa shape index (κ2) is 9.56. The topological polar surface area (TPSA) is 75.7 Å². The number of aryl methyl sites for hydroxylation is 1. The van der Waals surface area contributed by atoms with E-state index in [-0.39, 0.29) is 17.0 Å². The summed E-state index contributed by atoms with van der Waals surface area (Å²) in [6, 6.07) is 9.34. The highest BCUT2D eigenvalue weighted by Gasteiger charge is 2.33. The number of hydrogen-bond donors (Lipinski definition) is 1. The minimum absolute atomic E-state index is 0.00585. The Labute approximate surface area is 183 Å². The highest BCUT2D eigenvalue weighted by molar-refractivity contribution is 7.89. The third kappa shape index (κ3) is 5.97. The number of amides is 1. The molecule has 168 valence electrons. The first kappa shape index (κ1) is 23.5. The average Bonchev–Trinajstić information content (AvgIpc) is 2.74. The highest BCUT2D eigenvalue weighted by atomic mass is 35.5. The molecule has 1 aliphatic rings. The zero-order valence-electron chi connectivity index (χ0n) is 16.3. The van der Waals surface area contributed by atoms with E-state index in [1.54, 1.807) is 12.1 Å². The summed E-state index contributed by atoms with van der Waals surface area (Å²) < 4.78 is 70.5. The van der Waals surface area contributed by atoms with E-state index >= 15 is 0 Å². The van der Waals surface area contributed by atoms with Crippen LogP contribution >= 0.6 is 11.6 Å². The summed E-state index contributed by atoms with van der Waals surface area (Å²) in [6.45, 7) is 1.30. The number of hydrogen-bond acceptors (Lipinski definition) is 4. The van der Waals surface area contributed by atoms with Gasteiger partial charge in [-0.25, -0.2) is 8.42 Å². The van der Waals surface area contributed by atoms with E-state index in [1.165, 1.54) is 22.5 Å². The molecule has 0 atom stereocenters. The monoisotopic (exact) mass is 476 g/mol. The molecule has 6 nitrogen and oxygen atoms in total. The number of nitrogens with one attached hydrogen (secondary N) is 1. The van der Waals surface area contributed by atoms with Crippen LogP contribution in [0.5, 0.6) is 0 Å². The Morgan fingerprint density at radius 1 is 1.10 bits per heavy atom. The molecule has 2 aromatic carbocycles. The van der Waals surface area contributed by atoms with Gasteiger partial charge < -0.3 is 10.1 Å². The molecule has 1 fully saturated rings. The second-order valence-electron chi connectivity index (χ2n) is 6.90. The maximum Gasteiger partial charge on any atom is 0.417 e. The lowest BCUT2D eigenvalue weighted by atomic mass is 10.1. The van der Waals surface area contributed by atoms with Gasteiger partial charge in [-0.15, -0.1) is 0 Å². The third-order valence-corrected chi connectivity index (χ3v) is 6.97. The number of halogens is 4. The number of anilines is 1. The molecule has 1 saturated heterocycles. The van der Waals surface area contributed by atoms with Crippen molar-refractivity contribution >= 4 is 33.2 Å². The van der Waals surface area contributed by atoms with Crippen molar-refractivity contribution in [2.24, 2.45) is 0 Å². The zero-order chi connectivity index (χ0) is 22.6. The Balaban J connectivity index is 1.58. The van der Waals surface area contributed by atoms with Gasteiger partial charge in [-0.05, 0) is 42.3 Å². The van der Waals surface area contributed by atoms with Gasteiger partial charge in [0.1, 0.15) is 0 Å². The van der Waals surface area contributed by atoms with Gasteiger partial charge in [-0.3, -0.25) is 4.79 Å². The first-order valence-electron chi connectivity index (χ1n) is 9.41. The number of nitrogens with zero attached hydrogens (tertiary/aromatic N) is 1. The lowest BCUT2D eigenvalue weighted by molar-refractivity contribution is -0.137. The van der Waals surface area contributed by atoms with E-state index in [9.17, 15) is 26.4 Å². The zero-order valence-corrected chi connectivity index (χ0v) is 17.9.